The number of allylic oxidation sites excluding steroid dienone is 1. The average Bonchev–Trinajstić information content (AvgIpc) is 3.14. The summed E-state index contributed by atoms with van der Waals surface area (Å²) in [5, 5.41) is 5.41. The van der Waals surface area contributed by atoms with Crippen molar-refractivity contribution in [1.29, 1.82) is 0 Å². The van der Waals surface area contributed by atoms with Crippen LogP contribution < -0.4 is 20.1 Å². The van der Waals surface area contributed by atoms with Crippen molar-refractivity contribution in [2.75, 3.05) is 6.79 Å². The molecule has 0 aromatic heterocycles. The highest BCUT2D eigenvalue weighted by Crippen LogP contribution is 2.37. The number of hydrogen-bond acceptors (Lipinski definition) is 5. The van der Waals surface area contributed by atoms with Crippen molar-refractivity contribution in [1.82, 2.24) is 10.6 Å². The number of rotatable bonds is 4. The number of hydrogen-bond donors (Lipinski definition) is 2. The highest BCUT2D eigenvalue weighted by atomic mass is 16.7. The van der Waals surface area contributed by atoms with E-state index in [9.17, 15) is 9.59 Å². The number of urea groups is 1. The van der Waals surface area contributed by atoms with Crippen LogP contribution in [0.4, 0.5) is 4.79 Å². The number of carbonyl (C=O) groups is 2. The lowest BCUT2D eigenvalue weighted by atomic mass is 9.95. The lowest BCUT2D eigenvalue weighted by molar-refractivity contribution is -0.140. The van der Waals surface area contributed by atoms with Crippen LogP contribution in [0.15, 0.2) is 59.8 Å². The van der Waals surface area contributed by atoms with Crippen molar-refractivity contribution < 1.29 is 23.8 Å². The van der Waals surface area contributed by atoms with E-state index in [1.807, 2.05) is 30.3 Å². The predicted molar refractivity (Wildman–Crippen MR) is 95.9 cm³/mol. The van der Waals surface area contributed by atoms with Gasteiger partial charge in [0, 0.05) is 5.70 Å². The number of carbonyl (C=O) groups excluding carboxylic acids is 2. The van der Waals surface area contributed by atoms with Gasteiger partial charge in [-0.05, 0) is 30.2 Å². The minimum atomic E-state index is -0.642. The third-order valence-corrected chi connectivity index (χ3v) is 4.43. The van der Waals surface area contributed by atoms with Crippen LogP contribution in [0.25, 0.3) is 0 Å². The number of amides is 2. The Hall–Kier alpha value is -3.48. The van der Waals surface area contributed by atoms with Crippen LogP contribution >= 0.6 is 0 Å². The molecule has 0 fully saturated rings. The maximum Gasteiger partial charge on any atom is 0.338 e. The molecule has 2 aromatic carbocycles. The molecule has 2 aliphatic heterocycles. The van der Waals surface area contributed by atoms with Crippen LogP contribution in [-0.2, 0) is 16.1 Å². The minimum Gasteiger partial charge on any atom is -0.457 e. The van der Waals surface area contributed by atoms with E-state index in [4.69, 9.17) is 14.2 Å². The largest absolute Gasteiger partial charge is 0.457 e. The van der Waals surface area contributed by atoms with Crippen LogP contribution in [0.1, 0.15) is 24.1 Å². The summed E-state index contributed by atoms with van der Waals surface area (Å²) in [5.74, 6) is 0.717. The quantitative estimate of drug-likeness (QED) is 0.813. The Morgan fingerprint density at radius 2 is 1.93 bits per heavy atom. The number of esters is 1. The second-order valence-corrected chi connectivity index (χ2v) is 6.24. The van der Waals surface area contributed by atoms with Crippen LogP contribution in [0, 0.1) is 0 Å². The number of fused-ring (bicyclic) bond motifs is 1. The van der Waals surface area contributed by atoms with Gasteiger partial charge in [-0.1, -0.05) is 36.4 Å². The zero-order chi connectivity index (χ0) is 18.8. The maximum absolute atomic E-state index is 12.8. The van der Waals surface area contributed by atoms with Crippen molar-refractivity contribution in [3.8, 4) is 11.5 Å². The molecule has 27 heavy (non-hydrogen) atoms. The van der Waals surface area contributed by atoms with Crippen molar-refractivity contribution in [2.45, 2.75) is 19.6 Å². The van der Waals surface area contributed by atoms with Gasteiger partial charge in [0.25, 0.3) is 0 Å². The first-order valence-corrected chi connectivity index (χ1v) is 8.50. The molecule has 2 N–H and O–H groups in total. The molecule has 1 atom stereocenters. The molecule has 2 aromatic rings. The van der Waals surface area contributed by atoms with Gasteiger partial charge < -0.3 is 24.8 Å². The fourth-order valence-electron chi connectivity index (χ4n) is 3.11. The summed E-state index contributed by atoms with van der Waals surface area (Å²) in [6.07, 6.45) is 0. The van der Waals surface area contributed by atoms with Gasteiger partial charge in [0.15, 0.2) is 11.5 Å². The second-order valence-electron chi connectivity index (χ2n) is 6.24. The molecule has 2 amide bonds. The van der Waals surface area contributed by atoms with Gasteiger partial charge in [0.05, 0.1) is 11.6 Å². The van der Waals surface area contributed by atoms with Crippen molar-refractivity contribution >= 4 is 12.0 Å². The third-order valence-electron chi connectivity index (χ3n) is 4.43. The molecule has 0 aliphatic carbocycles. The zero-order valence-corrected chi connectivity index (χ0v) is 14.7. The highest BCUT2D eigenvalue weighted by Gasteiger charge is 2.33. The molecule has 2 aliphatic rings. The van der Waals surface area contributed by atoms with E-state index in [0.717, 1.165) is 5.56 Å². The Balaban J connectivity index is 1.60. The van der Waals surface area contributed by atoms with Gasteiger partial charge in [-0.25, -0.2) is 9.59 Å². The summed E-state index contributed by atoms with van der Waals surface area (Å²) in [6.45, 7) is 1.98. The Morgan fingerprint density at radius 3 is 2.74 bits per heavy atom. The van der Waals surface area contributed by atoms with E-state index in [1.165, 1.54) is 0 Å². The summed E-state index contributed by atoms with van der Waals surface area (Å²) in [6, 6.07) is 13.7. The van der Waals surface area contributed by atoms with Crippen LogP contribution in [-0.4, -0.2) is 18.8 Å². The molecule has 0 saturated carbocycles. The zero-order valence-electron chi connectivity index (χ0n) is 14.7. The first-order chi connectivity index (χ1) is 13.1. The first-order valence-electron chi connectivity index (χ1n) is 8.50. The maximum atomic E-state index is 12.8. The molecule has 0 unspecified atom stereocenters. The van der Waals surface area contributed by atoms with Gasteiger partial charge in [0.1, 0.15) is 6.61 Å². The lowest BCUT2D eigenvalue weighted by Crippen LogP contribution is -2.45. The molecule has 7 nitrogen and oxygen atoms in total. The molecule has 0 spiro atoms. The fourth-order valence-corrected chi connectivity index (χ4v) is 3.11. The van der Waals surface area contributed by atoms with Gasteiger partial charge in [-0.2, -0.15) is 0 Å². The average molecular weight is 366 g/mol. The summed E-state index contributed by atoms with van der Waals surface area (Å²) in [5.41, 5.74) is 2.40. The highest BCUT2D eigenvalue weighted by molar-refractivity contribution is 5.95. The van der Waals surface area contributed by atoms with Crippen molar-refractivity contribution in [3.63, 3.8) is 0 Å². The molecule has 0 bridgehead atoms. The summed E-state index contributed by atoms with van der Waals surface area (Å²) in [4.78, 5) is 24.8. The smallest absolute Gasteiger partial charge is 0.338 e. The summed E-state index contributed by atoms with van der Waals surface area (Å²) >= 11 is 0. The monoisotopic (exact) mass is 366 g/mol. The standard InChI is InChI=1S/C20H18N2O5/c1-12-17(19(23)25-10-13-5-3-2-4-6-13)18(22-20(24)21-12)14-7-8-15-16(9-14)27-11-26-15/h2-9,18H,10-11H2,1H3,(H2,21,22,24)/t18-/m0/s1. The van der Waals surface area contributed by atoms with Crippen LogP contribution in [0.5, 0.6) is 11.5 Å². The molecule has 138 valence electrons. The van der Waals surface area contributed by atoms with E-state index in [0.29, 0.717) is 28.3 Å². The molecule has 7 heteroatoms. The SMILES string of the molecule is CC1=C(C(=O)OCc2ccccc2)[C@H](c2ccc3c(c2)OCO3)NC(=O)N1. The fraction of sp³-hybridized carbons (Fsp3) is 0.200. The lowest BCUT2D eigenvalue weighted by Gasteiger charge is -2.28. The van der Waals surface area contributed by atoms with E-state index >= 15 is 0 Å². The predicted octanol–water partition coefficient (Wildman–Crippen LogP) is 2.79. The minimum absolute atomic E-state index is 0.151. The third kappa shape index (κ3) is 3.44. The van der Waals surface area contributed by atoms with Crippen LogP contribution in [0.3, 0.4) is 0 Å². The van der Waals surface area contributed by atoms with Gasteiger partial charge in [0.2, 0.25) is 6.79 Å². The van der Waals surface area contributed by atoms with E-state index < -0.39 is 12.0 Å². The molecular formula is C20H18N2O5. The van der Waals surface area contributed by atoms with Crippen LogP contribution in [0.2, 0.25) is 0 Å². The number of nitrogens with one attached hydrogen (secondary N) is 2. The Labute approximate surface area is 155 Å². The normalized spacial score (nSPS) is 18.0. The topological polar surface area (TPSA) is 85.9 Å². The van der Waals surface area contributed by atoms with Crippen molar-refractivity contribution in [2.24, 2.45) is 0 Å². The Kier molecular flexibility index (Phi) is 4.42. The van der Waals surface area contributed by atoms with Crippen molar-refractivity contribution in [3.05, 3.63) is 70.9 Å². The first kappa shape index (κ1) is 17.0. The van der Waals surface area contributed by atoms with Gasteiger partial charge in [-0.3, -0.25) is 0 Å². The molecular weight excluding hydrogens is 348 g/mol. The molecule has 4 rings (SSSR count). The molecule has 2 heterocycles. The van der Waals surface area contributed by atoms with E-state index in [1.54, 1.807) is 25.1 Å². The van der Waals surface area contributed by atoms with Gasteiger partial charge in [-0.15, -0.1) is 0 Å². The van der Waals surface area contributed by atoms with E-state index in [-0.39, 0.29) is 19.4 Å². The summed E-state index contributed by atoms with van der Waals surface area (Å²) < 4.78 is 16.2. The Bertz CT molecular complexity index is 923. The van der Waals surface area contributed by atoms with E-state index in [2.05, 4.69) is 10.6 Å². The second kappa shape index (κ2) is 7.03. The molecule has 0 radical (unpaired) electrons. The number of ether oxygens (including phenoxy) is 3. The summed E-state index contributed by atoms with van der Waals surface area (Å²) in [7, 11) is 0. The van der Waals surface area contributed by atoms with Gasteiger partial charge >= 0.3 is 12.0 Å². The Morgan fingerprint density at radius 1 is 1.15 bits per heavy atom. The molecule has 0 saturated heterocycles. The number of benzene rings is 2.